The average molecular weight is 283 g/mol. The summed E-state index contributed by atoms with van der Waals surface area (Å²) >= 11 is 0. The summed E-state index contributed by atoms with van der Waals surface area (Å²) in [7, 11) is 0. The first-order chi connectivity index (χ1) is 9.45. The van der Waals surface area contributed by atoms with Crippen LogP contribution in [0.5, 0.6) is 5.75 Å². The summed E-state index contributed by atoms with van der Waals surface area (Å²) in [6.07, 6.45) is 4.77. The number of terminal acetylenes is 1. The Hall–Kier alpha value is -2.62. The SMILES string of the molecule is C#CCC(NC(=O)c1ccccc1OC(F)F)C(=O)O. The lowest BCUT2D eigenvalue weighted by molar-refractivity contribution is -0.139. The number of carboxylic acids is 1. The van der Waals surface area contributed by atoms with Gasteiger partial charge in [-0.05, 0) is 12.1 Å². The molecule has 1 unspecified atom stereocenters. The Labute approximate surface area is 113 Å². The van der Waals surface area contributed by atoms with Gasteiger partial charge in [-0.15, -0.1) is 12.3 Å². The predicted octanol–water partition coefficient (Wildman–Crippen LogP) is 1.49. The first kappa shape index (κ1) is 15.4. The second kappa shape index (κ2) is 7.09. The van der Waals surface area contributed by atoms with Crippen molar-refractivity contribution in [1.29, 1.82) is 0 Å². The highest BCUT2D eigenvalue weighted by Crippen LogP contribution is 2.20. The van der Waals surface area contributed by atoms with Crippen LogP contribution in [-0.2, 0) is 4.79 Å². The summed E-state index contributed by atoms with van der Waals surface area (Å²) in [5.74, 6) is -0.410. The smallest absolute Gasteiger partial charge is 0.387 e. The minimum atomic E-state index is -3.09. The van der Waals surface area contributed by atoms with Crippen LogP contribution in [0.25, 0.3) is 0 Å². The number of hydrogen-bond acceptors (Lipinski definition) is 3. The van der Waals surface area contributed by atoms with E-state index in [9.17, 15) is 18.4 Å². The number of alkyl halides is 2. The van der Waals surface area contributed by atoms with Crippen LogP contribution in [0.15, 0.2) is 24.3 Å². The number of carboxylic acid groups (broad SMARTS) is 1. The molecule has 7 heteroatoms. The van der Waals surface area contributed by atoms with Crippen molar-refractivity contribution in [2.75, 3.05) is 0 Å². The van der Waals surface area contributed by atoms with Crippen molar-refractivity contribution in [2.24, 2.45) is 0 Å². The van der Waals surface area contributed by atoms with E-state index < -0.39 is 24.5 Å². The maximum atomic E-state index is 12.2. The van der Waals surface area contributed by atoms with Crippen LogP contribution in [0.1, 0.15) is 16.8 Å². The number of carbonyl (C=O) groups excluding carboxylic acids is 1. The first-order valence-corrected chi connectivity index (χ1v) is 5.46. The van der Waals surface area contributed by atoms with Gasteiger partial charge in [-0.3, -0.25) is 4.79 Å². The summed E-state index contributed by atoms with van der Waals surface area (Å²) in [6, 6.07) is 3.96. The van der Waals surface area contributed by atoms with E-state index in [1.807, 2.05) is 0 Å². The van der Waals surface area contributed by atoms with Crippen molar-refractivity contribution in [2.45, 2.75) is 19.1 Å². The number of hydrogen-bond donors (Lipinski definition) is 2. The number of aliphatic carboxylic acids is 1. The third-order valence-corrected chi connectivity index (χ3v) is 2.27. The summed E-state index contributed by atoms with van der Waals surface area (Å²) in [4.78, 5) is 22.7. The molecule has 0 radical (unpaired) electrons. The largest absolute Gasteiger partial charge is 0.480 e. The van der Waals surface area contributed by atoms with Crippen molar-refractivity contribution in [3.8, 4) is 18.1 Å². The van der Waals surface area contributed by atoms with E-state index in [1.54, 1.807) is 0 Å². The lowest BCUT2D eigenvalue weighted by Crippen LogP contribution is -2.40. The minimum Gasteiger partial charge on any atom is -0.480 e. The molecule has 0 spiro atoms. The molecule has 0 aliphatic carbocycles. The third-order valence-electron chi connectivity index (χ3n) is 2.27. The molecule has 1 aromatic rings. The maximum Gasteiger partial charge on any atom is 0.387 e. The van der Waals surface area contributed by atoms with Gasteiger partial charge in [0.25, 0.3) is 5.91 Å². The van der Waals surface area contributed by atoms with E-state index in [-0.39, 0.29) is 17.7 Å². The fourth-order valence-electron chi connectivity index (χ4n) is 1.41. The fourth-order valence-corrected chi connectivity index (χ4v) is 1.41. The fraction of sp³-hybridized carbons (Fsp3) is 0.231. The van der Waals surface area contributed by atoms with Crippen LogP contribution in [0, 0.1) is 12.3 Å². The van der Waals surface area contributed by atoms with Crippen molar-refractivity contribution < 1.29 is 28.2 Å². The van der Waals surface area contributed by atoms with Crippen molar-refractivity contribution in [3.05, 3.63) is 29.8 Å². The Balaban J connectivity index is 2.92. The average Bonchev–Trinajstić information content (AvgIpc) is 2.37. The molecule has 2 N–H and O–H groups in total. The molecular weight excluding hydrogens is 272 g/mol. The number of benzene rings is 1. The highest BCUT2D eigenvalue weighted by atomic mass is 19.3. The van der Waals surface area contributed by atoms with Crippen LogP contribution >= 0.6 is 0 Å². The highest BCUT2D eigenvalue weighted by Gasteiger charge is 2.22. The van der Waals surface area contributed by atoms with Gasteiger partial charge in [0, 0.05) is 6.42 Å². The van der Waals surface area contributed by atoms with Crippen LogP contribution < -0.4 is 10.1 Å². The molecule has 0 bridgehead atoms. The lowest BCUT2D eigenvalue weighted by atomic mass is 10.1. The van der Waals surface area contributed by atoms with Gasteiger partial charge in [0.2, 0.25) is 0 Å². The zero-order valence-electron chi connectivity index (χ0n) is 10.2. The summed E-state index contributed by atoms with van der Waals surface area (Å²) in [5, 5.41) is 11.0. The van der Waals surface area contributed by atoms with Crippen LogP contribution in [0.2, 0.25) is 0 Å². The van der Waals surface area contributed by atoms with Gasteiger partial charge in [0.1, 0.15) is 11.8 Å². The Kier molecular flexibility index (Phi) is 5.47. The topological polar surface area (TPSA) is 75.6 Å². The predicted molar refractivity (Wildman–Crippen MR) is 65.4 cm³/mol. The number of para-hydroxylation sites is 1. The number of halogens is 2. The van der Waals surface area contributed by atoms with Gasteiger partial charge in [-0.25, -0.2) is 4.79 Å². The Morgan fingerprint density at radius 1 is 1.40 bits per heavy atom. The molecular formula is C13H11F2NO4. The summed E-state index contributed by atoms with van der Waals surface area (Å²) in [6.45, 7) is -3.09. The number of amides is 1. The zero-order chi connectivity index (χ0) is 15.1. The number of carbonyl (C=O) groups is 2. The molecule has 0 aromatic heterocycles. The number of ether oxygens (including phenoxy) is 1. The van der Waals surface area contributed by atoms with Crippen LogP contribution in [-0.4, -0.2) is 29.6 Å². The van der Waals surface area contributed by atoms with E-state index in [0.717, 1.165) is 0 Å². The molecule has 1 aromatic carbocycles. The van der Waals surface area contributed by atoms with E-state index in [2.05, 4.69) is 16.0 Å². The molecule has 20 heavy (non-hydrogen) atoms. The minimum absolute atomic E-state index is 0.198. The molecule has 0 aliphatic rings. The zero-order valence-corrected chi connectivity index (χ0v) is 10.2. The van der Waals surface area contributed by atoms with Gasteiger partial charge in [0.15, 0.2) is 0 Å². The van der Waals surface area contributed by atoms with Crippen LogP contribution in [0.4, 0.5) is 8.78 Å². The molecule has 106 valence electrons. The van der Waals surface area contributed by atoms with E-state index in [4.69, 9.17) is 11.5 Å². The third kappa shape index (κ3) is 4.24. The van der Waals surface area contributed by atoms with E-state index >= 15 is 0 Å². The second-order valence-electron chi connectivity index (χ2n) is 3.65. The van der Waals surface area contributed by atoms with Gasteiger partial charge in [-0.2, -0.15) is 8.78 Å². The van der Waals surface area contributed by atoms with E-state index in [1.165, 1.54) is 24.3 Å². The molecule has 1 amide bonds. The maximum absolute atomic E-state index is 12.2. The monoisotopic (exact) mass is 283 g/mol. The quantitative estimate of drug-likeness (QED) is 0.776. The van der Waals surface area contributed by atoms with Crippen LogP contribution in [0.3, 0.4) is 0 Å². The summed E-state index contributed by atoms with van der Waals surface area (Å²) in [5.41, 5.74) is -0.198. The number of nitrogens with one attached hydrogen (secondary N) is 1. The Morgan fingerprint density at radius 3 is 2.60 bits per heavy atom. The molecule has 0 heterocycles. The van der Waals surface area contributed by atoms with Gasteiger partial charge >= 0.3 is 12.6 Å². The Bertz CT molecular complexity index is 539. The molecule has 0 fully saturated rings. The first-order valence-electron chi connectivity index (χ1n) is 5.46. The van der Waals surface area contributed by atoms with Gasteiger partial charge < -0.3 is 15.2 Å². The number of rotatable bonds is 6. The Morgan fingerprint density at radius 2 is 2.05 bits per heavy atom. The lowest BCUT2D eigenvalue weighted by Gasteiger charge is -2.14. The van der Waals surface area contributed by atoms with Crippen molar-refractivity contribution in [3.63, 3.8) is 0 Å². The van der Waals surface area contributed by atoms with Gasteiger partial charge in [-0.1, -0.05) is 12.1 Å². The molecule has 0 saturated heterocycles. The normalized spacial score (nSPS) is 11.5. The molecule has 1 rings (SSSR count). The highest BCUT2D eigenvalue weighted by molar-refractivity contribution is 5.98. The van der Waals surface area contributed by atoms with E-state index in [0.29, 0.717) is 0 Å². The molecule has 0 aliphatic heterocycles. The standard InChI is InChI=1S/C13H11F2NO4/c1-2-5-9(12(18)19)16-11(17)8-6-3-4-7-10(8)20-13(14)15/h1,3-4,6-7,9,13H,5H2,(H,16,17)(H,18,19). The van der Waals surface area contributed by atoms with Crippen molar-refractivity contribution >= 4 is 11.9 Å². The van der Waals surface area contributed by atoms with Gasteiger partial charge in [0.05, 0.1) is 5.56 Å². The molecule has 1 atom stereocenters. The molecule has 5 nitrogen and oxygen atoms in total. The summed E-state index contributed by atoms with van der Waals surface area (Å²) < 4.78 is 28.6. The second-order valence-corrected chi connectivity index (χ2v) is 3.65. The van der Waals surface area contributed by atoms with Crippen molar-refractivity contribution in [1.82, 2.24) is 5.32 Å². The molecule has 0 saturated carbocycles.